The summed E-state index contributed by atoms with van der Waals surface area (Å²) in [4.78, 5) is 10.3. The van der Waals surface area contributed by atoms with Crippen LogP contribution in [0.4, 0.5) is 0 Å². The van der Waals surface area contributed by atoms with E-state index in [1.807, 2.05) is 0 Å². The lowest BCUT2D eigenvalue weighted by molar-refractivity contribution is -0.142. The van der Waals surface area contributed by atoms with E-state index in [0.717, 1.165) is 0 Å². The quantitative estimate of drug-likeness (QED) is 0.0637. The van der Waals surface area contributed by atoms with Gasteiger partial charge in [-0.1, -0.05) is 0 Å². The van der Waals surface area contributed by atoms with Gasteiger partial charge in [0.2, 0.25) is 0 Å². The average Bonchev–Trinajstić information content (AvgIpc) is 1.09. The lowest BCUT2D eigenvalue weighted by Crippen LogP contribution is -2.16. The van der Waals surface area contributed by atoms with Gasteiger partial charge in [-0.05, 0) is 0 Å². The highest BCUT2D eigenvalue weighted by Crippen LogP contribution is 1.98. The fourth-order valence-corrected chi connectivity index (χ4v) is 10.1. The molecule has 0 rings (SSSR count). The molecule has 0 aromatic heterocycles. The molecule has 0 saturated carbocycles. The second-order valence-electron chi connectivity index (χ2n) is 28.7. The van der Waals surface area contributed by atoms with E-state index in [1.54, 1.807) is 7.11 Å². The van der Waals surface area contributed by atoms with Crippen molar-refractivity contribution in [2.24, 2.45) is 0 Å². The molecule has 1 N–H and O–H groups in total. The Hall–Kier alpha value is -2.41. The normalized spacial score (nSPS) is 11.8. The van der Waals surface area contributed by atoms with Crippen molar-refractivity contribution in [1.82, 2.24) is 0 Å². The Bertz CT molecular complexity index is 2000. The van der Waals surface area contributed by atoms with Gasteiger partial charge in [-0.25, -0.2) is 4.79 Å². The third kappa shape index (κ3) is 140. The fraction of sp³-hybridized carbons (Fsp3) is 0.989. The molecule has 49 nitrogen and oxygen atoms in total. The van der Waals surface area contributed by atoms with Crippen molar-refractivity contribution in [2.45, 2.75) is 0 Å². The van der Waals surface area contributed by atoms with Crippen LogP contribution in [-0.2, 0) is 227 Å². The molecule has 0 aliphatic heterocycles. The highest BCUT2D eigenvalue weighted by atomic mass is 16.7. The lowest BCUT2D eigenvalue weighted by Gasteiger charge is -2.09. The second-order valence-corrected chi connectivity index (χ2v) is 28.7. The van der Waals surface area contributed by atoms with Gasteiger partial charge in [0.05, 0.1) is 595 Å². The van der Waals surface area contributed by atoms with Crippen LogP contribution in [0.5, 0.6) is 0 Å². The van der Waals surface area contributed by atoms with E-state index in [-0.39, 0.29) is 20.0 Å². The molecule has 0 saturated heterocycles. The van der Waals surface area contributed by atoms with Gasteiger partial charge in [-0.2, -0.15) is 0 Å². The molecule has 0 fully saturated rings. The van der Waals surface area contributed by atoms with Crippen LogP contribution in [0.15, 0.2) is 0 Å². The summed E-state index contributed by atoms with van der Waals surface area (Å²) in [6, 6.07) is 0. The minimum absolute atomic E-state index is 0.229. The molecule has 0 aliphatic rings. The Morgan fingerprint density at radius 2 is 0.161 bits per heavy atom. The third-order valence-electron chi connectivity index (χ3n) is 17.2. The molecule has 858 valence electrons. The standard InChI is InChI=1S/C94H188O49/c1-97-93-143-91-89-141-87-85-139-83-81-137-79-77-135-75-73-133-71-69-131-67-65-129-63-61-127-59-57-125-55-53-123-51-49-121-47-45-119-43-41-117-39-37-115-35-33-113-31-29-111-27-25-109-23-21-107-19-17-105-15-13-103-11-9-101-7-5-99-3-2-98-4-6-100-8-10-102-12-14-104-16-18-106-20-22-108-24-26-110-28-30-112-32-34-114-36-38-116-40-42-118-44-46-120-48-50-122-52-54-124-56-58-126-60-62-128-64-66-130-68-70-132-72-74-134-76-78-136-80-82-138-84-86-140-88-90-142-92-94(95)96/h2-93H2,1H3,(H,95,96). The van der Waals surface area contributed by atoms with Crippen LogP contribution < -0.4 is 0 Å². The topological polar surface area (TPSA) is 471 Å². The first kappa shape index (κ1) is 141. The summed E-state index contributed by atoms with van der Waals surface area (Å²) in [7, 11) is 1.58. The minimum atomic E-state index is -1.00. The molecule has 0 unspecified atom stereocenters. The Balaban J connectivity index is 3.11. The summed E-state index contributed by atoms with van der Waals surface area (Å²) in [6.07, 6.45) is 0. The van der Waals surface area contributed by atoms with E-state index in [9.17, 15) is 4.79 Å². The summed E-state index contributed by atoms with van der Waals surface area (Å²) in [6.45, 7) is 42.2. The van der Waals surface area contributed by atoms with Crippen LogP contribution >= 0.6 is 0 Å². The number of ether oxygens (including phenoxy) is 47. The highest BCUT2D eigenvalue weighted by molar-refractivity contribution is 5.67. The predicted molar refractivity (Wildman–Crippen MR) is 512 cm³/mol. The van der Waals surface area contributed by atoms with Gasteiger partial charge in [0.15, 0.2) is 0 Å². The van der Waals surface area contributed by atoms with E-state index >= 15 is 0 Å². The van der Waals surface area contributed by atoms with Crippen molar-refractivity contribution >= 4 is 5.97 Å². The van der Waals surface area contributed by atoms with Gasteiger partial charge in [0, 0.05) is 7.11 Å². The highest BCUT2D eigenvalue weighted by Gasteiger charge is 2.07. The van der Waals surface area contributed by atoms with Gasteiger partial charge in [-0.15, -0.1) is 0 Å². The zero-order valence-corrected chi connectivity index (χ0v) is 86.6. The zero-order valence-electron chi connectivity index (χ0n) is 86.6. The molecule has 0 radical (unpaired) electrons. The van der Waals surface area contributed by atoms with Crippen LogP contribution in [0.1, 0.15) is 0 Å². The SMILES string of the molecule is COCOCCOCCOCCOCCOCCOCCOCCOCCOCCOCCOCCOCCOCCOCCOCCOCCOCCOCCOCCOCCOCCOCCOCCOCCOCCOCCOCCOCCOCCOCCOCCOCCOCCOCCOCCOCCOCCOCCOCCOCCOCCOCCOCCOCCOCCOCC(=O)O. The number of hydrogen-bond acceptors (Lipinski definition) is 48. The van der Waals surface area contributed by atoms with Crippen molar-refractivity contribution in [3.8, 4) is 0 Å². The molecule has 143 heavy (non-hydrogen) atoms. The van der Waals surface area contributed by atoms with Crippen molar-refractivity contribution in [1.29, 1.82) is 0 Å². The van der Waals surface area contributed by atoms with Crippen LogP contribution in [0.2, 0.25) is 0 Å². The van der Waals surface area contributed by atoms with Crippen molar-refractivity contribution in [2.75, 3.05) is 615 Å². The number of methoxy groups -OCH3 is 1. The Labute approximate surface area is 850 Å². The Morgan fingerprint density at radius 3 is 0.217 bits per heavy atom. The third-order valence-corrected chi connectivity index (χ3v) is 17.2. The van der Waals surface area contributed by atoms with Crippen LogP contribution in [0.3, 0.4) is 0 Å². The maximum absolute atomic E-state index is 10.3. The van der Waals surface area contributed by atoms with Gasteiger partial charge in [0.25, 0.3) is 0 Å². The smallest absolute Gasteiger partial charge is 0.329 e. The monoisotopic (exact) mass is 2100 g/mol. The van der Waals surface area contributed by atoms with E-state index in [2.05, 4.69) is 0 Å². The Morgan fingerprint density at radius 1 is 0.105 bits per heavy atom. The largest absolute Gasteiger partial charge is 0.480 e. The van der Waals surface area contributed by atoms with Crippen LogP contribution in [0.25, 0.3) is 0 Å². The summed E-state index contributed by atoms with van der Waals surface area (Å²) in [5.41, 5.74) is 0. The maximum Gasteiger partial charge on any atom is 0.329 e. The summed E-state index contributed by atoms with van der Waals surface area (Å²) in [5, 5.41) is 8.48. The van der Waals surface area contributed by atoms with Crippen molar-refractivity contribution in [3.63, 3.8) is 0 Å². The number of aliphatic carboxylic acids is 1. The van der Waals surface area contributed by atoms with E-state index < -0.39 is 5.97 Å². The molecule has 0 heterocycles. The molecular formula is C94H188O49. The van der Waals surface area contributed by atoms with Crippen molar-refractivity contribution in [3.05, 3.63) is 0 Å². The first-order valence-electron chi connectivity index (χ1n) is 50.5. The molecule has 0 aromatic carbocycles. The average molecular weight is 2100 g/mol. The van der Waals surface area contributed by atoms with Gasteiger partial charge >= 0.3 is 5.97 Å². The number of rotatable bonds is 139. The molecule has 0 amide bonds. The number of hydrogen-bond donors (Lipinski definition) is 1. The lowest BCUT2D eigenvalue weighted by atomic mass is 10.6. The first-order valence-corrected chi connectivity index (χ1v) is 50.5. The van der Waals surface area contributed by atoms with Gasteiger partial charge < -0.3 is 228 Å². The molecule has 0 atom stereocenters. The molecule has 0 aromatic rings. The second kappa shape index (κ2) is 138. The van der Waals surface area contributed by atoms with E-state index in [0.29, 0.717) is 588 Å². The first-order chi connectivity index (χ1) is 71.3. The van der Waals surface area contributed by atoms with Crippen LogP contribution in [0, 0.1) is 0 Å². The summed E-state index contributed by atoms with van der Waals surface area (Å²) in [5.74, 6) is -1.00. The van der Waals surface area contributed by atoms with Crippen molar-refractivity contribution < 1.29 is 233 Å². The zero-order chi connectivity index (χ0) is 102. The van der Waals surface area contributed by atoms with Crippen LogP contribution in [-0.4, -0.2) is 626 Å². The molecule has 0 aliphatic carbocycles. The van der Waals surface area contributed by atoms with Gasteiger partial charge in [0.1, 0.15) is 13.4 Å². The summed E-state index contributed by atoms with van der Waals surface area (Å²) >= 11 is 0. The maximum atomic E-state index is 10.3. The molecule has 49 heteroatoms. The number of carboxylic acids is 1. The minimum Gasteiger partial charge on any atom is -0.480 e. The number of carbonyl (C=O) groups is 1. The predicted octanol–water partition coefficient (Wildman–Crippen LogP) is 0.439. The van der Waals surface area contributed by atoms with E-state index in [4.69, 9.17) is 228 Å². The fourth-order valence-electron chi connectivity index (χ4n) is 10.1. The molecule has 0 bridgehead atoms. The van der Waals surface area contributed by atoms with E-state index in [1.165, 1.54) is 0 Å². The molecular weight excluding hydrogens is 1910 g/mol. The Kier molecular flexibility index (Phi) is 135. The number of carboxylic acid groups (broad SMARTS) is 1. The summed E-state index contributed by atoms with van der Waals surface area (Å²) < 4.78 is 258. The molecule has 0 spiro atoms. The van der Waals surface area contributed by atoms with Gasteiger partial charge in [-0.3, -0.25) is 0 Å².